The molecule has 0 spiro atoms. The Labute approximate surface area is 151 Å². The Morgan fingerprint density at radius 1 is 1.00 bits per heavy atom. The van der Waals surface area contributed by atoms with Gasteiger partial charge in [0.2, 0.25) is 0 Å². The molecule has 0 bridgehead atoms. The Balaban J connectivity index is 1.74. The third-order valence-electron chi connectivity index (χ3n) is 3.55. The van der Waals surface area contributed by atoms with E-state index in [0.717, 1.165) is 17.0 Å². The molecule has 0 amide bonds. The zero-order valence-corrected chi connectivity index (χ0v) is 15.5. The summed E-state index contributed by atoms with van der Waals surface area (Å²) in [4.78, 5) is 0.931. The van der Waals surface area contributed by atoms with Crippen LogP contribution in [0.2, 0.25) is 0 Å². The molecule has 0 aliphatic rings. The second-order valence-electron chi connectivity index (χ2n) is 5.41. The Morgan fingerprint density at radius 3 is 2.36 bits per heavy atom. The number of aryl methyl sites for hydroxylation is 2. The third-order valence-corrected chi connectivity index (χ3v) is 6.39. The van der Waals surface area contributed by atoms with E-state index in [4.69, 9.17) is 0 Å². The van der Waals surface area contributed by atoms with Gasteiger partial charge in [-0.15, -0.1) is 21.5 Å². The minimum absolute atomic E-state index is 0.181. The van der Waals surface area contributed by atoms with Gasteiger partial charge in [0.05, 0.1) is 0 Å². The van der Waals surface area contributed by atoms with E-state index in [1.54, 1.807) is 24.3 Å². The first-order valence-electron chi connectivity index (χ1n) is 7.76. The molecule has 8 heteroatoms. The molecule has 2 heterocycles. The van der Waals surface area contributed by atoms with Gasteiger partial charge in [-0.2, -0.15) is 0 Å². The highest BCUT2D eigenvalue weighted by atomic mass is 32.2. The molecule has 2 aromatic heterocycles. The molecule has 3 aromatic rings. The van der Waals surface area contributed by atoms with Crippen molar-refractivity contribution in [2.45, 2.75) is 24.5 Å². The summed E-state index contributed by atoms with van der Waals surface area (Å²) in [7, 11) is -3.63. The van der Waals surface area contributed by atoms with Crippen molar-refractivity contribution in [1.82, 2.24) is 10.2 Å². The quantitative estimate of drug-likeness (QED) is 0.682. The average molecular weight is 374 g/mol. The number of benzene rings is 1. The molecule has 0 saturated carbocycles. The van der Waals surface area contributed by atoms with Crippen LogP contribution in [0.25, 0.3) is 0 Å². The molecule has 0 radical (unpaired) electrons. The lowest BCUT2D eigenvalue weighted by Crippen LogP contribution is -2.13. The fourth-order valence-electron chi connectivity index (χ4n) is 2.29. The molecular formula is C17H18N4O2S2. The summed E-state index contributed by atoms with van der Waals surface area (Å²) in [5.74, 6) is 0.733. The summed E-state index contributed by atoms with van der Waals surface area (Å²) in [6.45, 7) is 3.94. The number of hydrogen-bond donors (Lipinski definition) is 2. The maximum atomic E-state index is 12.3. The van der Waals surface area contributed by atoms with Crippen molar-refractivity contribution in [2.24, 2.45) is 0 Å². The van der Waals surface area contributed by atoms with Crippen LogP contribution in [0.1, 0.15) is 17.4 Å². The van der Waals surface area contributed by atoms with Gasteiger partial charge >= 0.3 is 0 Å². The first-order chi connectivity index (χ1) is 12.0. The van der Waals surface area contributed by atoms with Gasteiger partial charge in [0.1, 0.15) is 4.21 Å². The zero-order valence-electron chi connectivity index (χ0n) is 13.9. The van der Waals surface area contributed by atoms with Gasteiger partial charge in [0, 0.05) is 10.6 Å². The van der Waals surface area contributed by atoms with Crippen molar-refractivity contribution in [2.75, 3.05) is 10.0 Å². The van der Waals surface area contributed by atoms with E-state index in [-0.39, 0.29) is 10.0 Å². The molecule has 2 N–H and O–H groups in total. The first kappa shape index (κ1) is 17.4. The molecule has 0 aliphatic heterocycles. The standard InChI is InChI=1S/C17H18N4O2S2/c1-3-13-6-4-5-7-14(13)18-15-9-10-16(20-19-15)21-25(22,23)17-11-8-12(2)24-17/h4-11H,3H2,1-2H3,(H,18,19)(H,20,21). The maximum absolute atomic E-state index is 12.3. The predicted octanol–water partition coefficient (Wildman–Crippen LogP) is 3.95. The van der Waals surface area contributed by atoms with Crippen LogP contribution in [0.4, 0.5) is 17.3 Å². The molecule has 0 saturated heterocycles. The topological polar surface area (TPSA) is 84.0 Å². The molecular weight excluding hydrogens is 356 g/mol. The van der Waals surface area contributed by atoms with E-state index in [1.807, 2.05) is 31.2 Å². The molecule has 1 aromatic carbocycles. The molecule has 6 nitrogen and oxygen atoms in total. The number of aromatic nitrogens is 2. The predicted molar refractivity (Wildman–Crippen MR) is 101 cm³/mol. The van der Waals surface area contributed by atoms with Crippen LogP contribution in [0.15, 0.2) is 52.7 Å². The molecule has 130 valence electrons. The van der Waals surface area contributed by atoms with Crippen molar-refractivity contribution >= 4 is 38.7 Å². The number of sulfonamides is 1. The summed E-state index contributed by atoms with van der Waals surface area (Å²) in [6.07, 6.45) is 0.898. The van der Waals surface area contributed by atoms with Crippen molar-refractivity contribution in [3.63, 3.8) is 0 Å². The average Bonchev–Trinajstić information content (AvgIpc) is 3.04. The van der Waals surface area contributed by atoms with Gasteiger partial charge in [0.15, 0.2) is 11.6 Å². The fourth-order valence-corrected chi connectivity index (χ4v) is 4.57. The fraction of sp³-hybridized carbons (Fsp3) is 0.176. The van der Waals surface area contributed by atoms with Gasteiger partial charge < -0.3 is 5.32 Å². The van der Waals surface area contributed by atoms with E-state index in [1.165, 1.54) is 16.9 Å². The molecule has 3 rings (SSSR count). The molecule has 0 atom stereocenters. The van der Waals surface area contributed by atoms with Gasteiger partial charge in [0.25, 0.3) is 10.0 Å². The van der Waals surface area contributed by atoms with Crippen molar-refractivity contribution in [3.8, 4) is 0 Å². The van der Waals surface area contributed by atoms with Crippen molar-refractivity contribution < 1.29 is 8.42 Å². The van der Waals surface area contributed by atoms with Crippen LogP contribution < -0.4 is 10.0 Å². The number of nitrogens with one attached hydrogen (secondary N) is 2. The highest BCUT2D eigenvalue weighted by molar-refractivity contribution is 7.94. The minimum atomic E-state index is -3.63. The van der Waals surface area contributed by atoms with Crippen LogP contribution in [0.5, 0.6) is 0 Å². The monoisotopic (exact) mass is 374 g/mol. The van der Waals surface area contributed by atoms with Gasteiger partial charge in [-0.05, 0) is 49.2 Å². The maximum Gasteiger partial charge on any atom is 0.272 e. The number of hydrogen-bond acceptors (Lipinski definition) is 6. The van der Waals surface area contributed by atoms with Crippen LogP contribution >= 0.6 is 11.3 Å². The minimum Gasteiger partial charge on any atom is -0.339 e. The summed E-state index contributed by atoms with van der Waals surface area (Å²) in [5.41, 5.74) is 2.13. The Hall–Kier alpha value is -2.45. The van der Waals surface area contributed by atoms with Gasteiger partial charge in [-0.3, -0.25) is 4.72 Å². The van der Waals surface area contributed by atoms with Crippen LogP contribution in [-0.2, 0) is 16.4 Å². The van der Waals surface area contributed by atoms with Gasteiger partial charge in [-0.25, -0.2) is 8.42 Å². The number of thiophene rings is 1. The van der Waals surface area contributed by atoms with Crippen molar-refractivity contribution in [1.29, 1.82) is 0 Å². The Morgan fingerprint density at radius 2 is 1.72 bits per heavy atom. The van der Waals surface area contributed by atoms with Crippen LogP contribution in [-0.4, -0.2) is 18.6 Å². The molecule has 25 heavy (non-hydrogen) atoms. The molecule has 0 unspecified atom stereocenters. The second kappa shape index (κ2) is 7.20. The van der Waals surface area contributed by atoms with E-state index in [9.17, 15) is 8.42 Å². The van der Waals surface area contributed by atoms with E-state index >= 15 is 0 Å². The van der Waals surface area contributed by atoms with Crippen LogP contribution in [0, 0.1) is 6.92 Å². The first-order valence-corrected chi connectivity index (χ1v) is 10.1. The number of rotatable bonds is 6. The SMILES string of the molecule is CCc1ccccc1Nc1ccc(NS(=O)(=O)c2ccc(C)s2)nn1. The smallest absolute Gasteiger partial charge is 0.272 e. The summed E-state index contributed by atoms with van der Waals surface area (Å²) in [5, 5.41) is 11.2. The Kier molecular flexibility index (Phi) is 5.00. The summed E-state index contributed by atoms with van der Waals surface area (Å²) >= 11 is 1.21. The lowest BCUT2D eigenvalue weighted by atomic mass is 10.1. The highest BCUT2D eigenvalue weighted by Gasteiger charge is 2.17. The normalized spacial score (nSPS) is 11.3. The van der Waals surface area contributed by atoms with E-state index in [0.29, 0.717) is 5.82 Å². The number of para-hydroxylation sites is 1. The number of anilines is 3. The third kappa shape index (κ3) is 4.15. The lowest BCUT2D eigenvalue weighted by molar-refractivity contribution is 0.603. The Bertz CT molecular complexity index is 966. The summed E-state index contributed by atoms with van der Waals surface area (Å²) < 4.78 is 27.3. The second-order valence-corrected chi connectivity index (χ2v) is 8.61. The van der Waals surface area contributed by atoms with Gasteiger partial charge in [-0.1, -0.05) is 25.1 Å². The highest BCUT2D eigenvalue weighted by Crippen LogP contribution is 2.23. The summed E-state index contributed by atoms with van der Waals surface area (Å²) in [6, 6.07) is 14.6. The zero-order chi connectivity index (χ0) is 17.9. The van der Waals surface area contributed by atoms with E-state index in [2.05, 4.69) is 27.2 Å². The molecule has 0 aliphatic carbocycles. The number of nitrogens with zero attached hydrogens (tertiary/aromatic N) is 2. The van der Waals surface area contributed by atoms with E-state index < -0.39 is 10.0 Å². The molecule has 0 fully saturated rings. The van der Waals surface area contributed by atoms with Crippen LogP contribution in [0.3, 0.4) is 0 Å². The lowest BCUT2D eigenvalue weighted by Gasteiger charge is -2.10. The largest absolute Gasteiger partial charge is 0.339 e. The van der Waals surface area contributed by atoms with Crippen molar-refractivity contribution in [3.05, 3.63) is 59.0 Å².